The number of aromatic amines is 1. The molecule has 8 heteroatoms. The van der Waals surface area contributed by atoms with Gasteiger partial charge in [-0.3, -0.25) is 4.90 Å². The number of hydrogen-bond acceptors (Lipinski definition) is 3. The summed E-state index contributed by atoms with van der Waals surface area (Å²) in [6, 6.07) is 0.982. The van der Waals surface area contributed by atoms with Crippen LogP contribution in [0.15, 0.2) is 12.3 Å². The third kappa shape index (κ3) is 3.07. The van der Waals surface area contributed by atoms with Gasteiger partial charge in [0.1, 0.15) is 11.2 Å². The highest BCUT2D eigenvalue weighted by atomic mass is 35.5. The average Bonchev–Trinajstić information content (AvgIpc) is 3.35. The number of halogens is 3. The number of rotatable bonds is 2. The zero-order valence-corrected chi connectivity index (χ0v) is 16.7. The number of hydrogen-bond donors (Lipinski definition) is 1. The first-order valence-electron chi connectivity index (χ1n) is 9.03. The number of aromatic nitrogens is 2. The van der Waals surface area contributed by atoms with E-state index in [4.69, 9.17) is 16.3 Å². The molecular weight excluding hydrogens is 388 g/mol. The van der Waals surface area contributed by atoms with E-state index in [0.717, 1.165) is 29.4 Å². The van der Waals surface area contributed by atoms with Crippen molar-refractivity contribution in [3.63, 3.8) is 0 Å². The summed E-state index contributed by atoms with van der Waals surface area (Å²) >= 11 is 6.34. The minimum absolute atomic E-state index is 0.0531. The lowest BCUT2D eigenvalue weighted by Gasteiger charge is -2.25. The maximum Gasteiger partial charge on any atom is 0.414 e. The highest BCUT2D eigenvalue weighted by Crippen LogP contribution is 2.48. The molecule has 0 aliphatic heterocycles. The summed E-state index contributed by atoms with van der Waals surface area (Å²) in [6.45, 7) is 5.20. The molecule has 1 saturated carbocycles. The highest BCUT2D eigenvalue weighted by molar-refractivity contribution is 6.33. The second-order valence-electron chi connectivity index (χ2n) is 8.12. The minimum atomic E-state index is -1.06. The second kappa shape index (κ2) is 6.30. The number of nitrogens with zero attached hydrogens (tertiary/aromatic N) is 2. The van der Waals surface area contributed by atoms with Crippen LogP contribution in [0.2, 0.25) is 5.02 Å². The zero-order valence-electron chi connectivity index (χ0n) is 16.0. The lowest BCUT2D eigenvalue weighted by molar-refractivity contribution is 0.0589. The smallest absolute Gasteiger partial charge is 0.414 e. The summed E-state index contributed by atoms with van der Waals surface area (Å²) in [4.78, 5) is 20.9. The quantitative estimate of drug-likeness (QED) is 0.575. The van der Waals surface area contributed by atoms with Crippen LogP contribution in [0, 0.1) is 11.6 Å². The lowest BCUT2D eigenvalue weighted by Crippen LogP contribution is -2.34. The van der Waals surface area contributed by atoms with Gasteiger partial charge in [0, 0.05) is 24.7 Å². The molecule has 148 valence electrons. The Labute approximate surface area is 165 Å². The largest absolute Gasteiger partial charge is 0.443 e. The van der Waals surface area contributed by atoms with Crippen LogP contribution in [0.1, 0.15) is 45.1 Å². The number of anilines is 1. The van der Waals surface area contributed by atoms with E-state index < -0.39 is 23.3 Å². The normalized spacial score (nSPS) is 14.7. The SMILES string of the molecule is CN(C(=O)OC(C)(C)C)c1cc(F)c(F)c2c1[nH]c1ncc(Cl)c(C3CC3)c12. The van der Waals surface area contributed by atoms with Crippen molar-refractivity contribution in [3.05, 3.63) is 34.5 Å². The molecule has 1 fully saturated rings. The van der Waals surface area contributed by atoms with Crippen molar-refractivity contribution in [2.45, 2.75) is 45.1 Å². The molecule has 28 heavy (non-hydrogen) atoms. The Bertz CT molecular complexity index is 1120. The number of ether oxygens (including phenoxy) is 1. The molecule has 1 amide bonds. The lowest BCUT2D eigenvalue weighted by atomic mass is 10.0. The maximum absolute atomic E-state index is 14.9. The van der Waals surface area contributed by atoms with Crippen molar-refractivity contribution in [3.8, 4) is 0 Å². The van der Waals surface area contributed by atoms with Crippen LogP contribution in [-0.4, -0.2) is 28.7 Å². The molecule has 1 aliphatic rings. The summed E-state index contributed by atoms with van der Waals surface area (Å²) in [6.07, 6.45) is 2.71. The number of benzene rings is 1. The molecule has 3 aromatic rings. The summed E-state index contributed by atoms with van der Waals surface area (Å²) in [5, 5.41) is 0.958. The van der Waals surface area contributed by atoms with Crippen LogP contribution in [0.3, 0.4) is 0 Å². The third-order valence-corrected chi connectivity index (χ3v) is 5.08. The Hall–Kier alpha value is -2.41. The van der Waals surface area contributed by atoms with Crippen LogP contribution in [-0.2, 0) is 4.74 Å². The van der Waals surface area contributed by atoms with Crippen LogP contribution < -0.4 is 4.90 Å². The first kappa shape index (κ1) is 18.9. The van der Waals surface area contributed by atoms with E-state index in [-0.39, 0.29) is 22.5 Å². The number of H-pyrrole nitrogens is 1. The Morgan fingerprint density at radius 2 is 2.00 bits per heavy atom. The second-order valence-corrected chi connectivity index (χ2v) is 8.53. The Balaban J connectivity index is 1.98. The van der Waals surface area contributed by atoms with Crippen molar-refractivity contribution >= 4 is 45.3 Å². The van der Waals surface area contributed by atoms with Gasteiger partial charge >= 0.3 is 6.09 Å². The molecule has 5 nitrogen and oxygen atoms in total. The van der Waals surface area contributed by atoms with Gasteiger partial charge in [-0.15, -0.1) is 0 Å². The number of carbonyl (C=O) groups excluding carboxylic acids is 1. The summed E-state index contributed by atoms with van der Waals surface area (Å²) in [7, 11) is 1.45. The van der Waals surface area contributed by atoms with Crippen LogP contribution >= 0.6 is 11.6 Å². The predicted molar refractivity (Wildman–Crippen MR) is 105 cm³/mol. The fraction of sp³-hybridized carbons (Fsp3) is 0.400. The van der Waals surface area contributed by atoms with Gasteiger partial charge in [-0.1, -0.05) is 11.6 Å². The van der Waals surface area contributed by atoms with Gasteiger partial charge in [-0.2, -0.15) is 0 Å². The number of amides is 1. The van der Waals surface area contributed by atoms with Crippen molar-refractivity contribution in [1.82, 2.24) is 9.97 Å². The van der Waals surface area contributed by atoms with E-state index in [1.54, 1.807) is 20.8 Å². The fourth-order valence-corrected chi connectivity index (χ4v) is 3.70. The van der Waals surface area contributed by atoms with Crippen molar-refractivity contribution < 1.29 is 18.3 Å². The third-order valence-electron chi connectivity index (χ3n) is 4.78. The van der Waals surface area contributed by atoms with Crippen LogP contribution in [0.5, 0.6) is 0 Å². The van der Waals surface area contributed by atoms with E-state index in [0.29, 0.717) is 16.1 Å². The molecular formula is C20H20ClF2N3O2. The molecule has 4 rings (SSSR count). The number of nitrogens with one attached hydrogen (secondary N) is 1. The van der Waals surface area contributed by atoms with Crippen LogP contribution in [0.25, 0.3) is 21.9 Å². The number of carbonyl (C=O) groups is 1. The summed E-state index contributed by atoms with van der Waals surface area (Å²) in [5.41, 5.74) is 0.897. The van der Waals surface area contributed by atoms with Gasteiger partial charge in [0.2, 0.25) is 0 Å². The first-order valence-corrected chi connectivity index (χ1v) is 9.40. The number of fused-ring (bicyclic) bond motifs is 3. The van der Waals surface area contributed by atoms with Gasteiger partial charge < -0.3 is 9.72 Å². The fourth-order valence-electron chi connectivity index (χ4n) is 3.41. The van der Waals surface area contributed by atoms with Crippen molar-refractivity contribution in [1.29, 1.82) is 0 Å². The topological polar surface area (TPSA) is 58.2 Å². The molecule has 2 heterocycles. The van der Waals surface area contributed by atoms with E-state index in [9.17, 15) is 13.6 Å². The average molecular weight is 408 g/mol. The minimum Gasteiger partial charge on any atom is -0.443 e. The summed E-state index contributed by atoms with van der Waals surface area (Å²) in [5.74, 6) is -1.85. The van der Waals surface area contributed by atoms with Gasteiger partial charge in [0.15, 0.2) is 11.6 Å². The molecule has 0 spiro atoms. The monoisotopic (exact) mass is 407 g/mol. The van der Waals surface area contributed by atoms with E-state index in [2.05, 4.69) is 9.97 Å². The van der Waals surface area contributed by atoms with Crippen molar-refractivity contribution in [2.75, 3.05) is 11.9 Å². The van der Waals surface area contributed by atoms with E-state index in [1.807, 2.05) is 0 Å². The predicted octanol–water partition coefficient (Wildman–Crippen LogP) is 5.90. The molecule has 1 aliphatic carbocycles. The van der Waals surface area contributed by atoms with Gasteiger partial charge in [-0.05, 0) is 45.1 Å². The maximum atomic E-state index is 14.9. The Kier molecular flexibility index (Phi) is 4.26. The molecule has 0 saturated heterocycles. The van der Waals surface area contributed by atoms with E-state index in [1.165, 1.54) is 13.2 Å². The molecule has 1 N–H and O–H groups in total. The van der Waals surface area contributed by atoms with Gasteiger partial charge in [0.25, 0.3) is 0 Å². The van der Waals surface area contributed by atoms with Gasteiger partial charge in [-0.25, -0.2) is 18.6 Å². The molecule has 0 atom stereocenters. The van der Waals surface area contributed by atoms with Crippen molar-refractivity contribution in [2.24, 2.45) is 0 Å². The Morgan fingerprint density at radius 3 is 2.61 bits per heavy atom. The van der Waals surface area contributed by atoms with E-state index >= 15 is 0 Å². The molecule has 0 bridgehead atoms. The molecule has 0 radical (unpaired) electrons. The zero-order chi connectivity index (χ0) is 20.4. The van der Waals surface area contributed by atoms with Crippen LogP contribution in [0.4, 0.5) is 19.3 Å². The molecule has 0 unspecified atom stereocenters. The molecule has 1 aromatic carbocycles. The number of pyridine rings is 1. The standard InChI is InChI=1S/C20H20ClF2N3O2/c1-20(2,3)28-19(27)26(4)12-7-11(22)16(23)15-14-13(9-5-6-9)10(21)8-24-18(14)25-17(12)15/h7-9H,5-6H2,1-4H3,(H,24,25). The summed E-state index contributed by atoms with van der Waals surface area (Å²) < 4.78 is 34.7. The Morgan fingerprint density at radius 1 is 1.32 bits per heavy atom. The highest BCUT2D eigenvalue weighted by Gasteiger charge is 2.32. The van der Waals surface area contributed by atoms with Gasteiger partial charge in [0.05, 0.1) is 21.6 Å². The first-order chi connectivity index (χ1) is 13.1. The molecule has 2 aromatic heterocycles.